The number of hydrogen-bond donors (Lipinski definition) is 2. The Morgan fingerprint density at radius 1 is 1.33 bits per heavy atom. The summed E-state index contributed by atoms with van der Waals surface area (Å²) >= 11 is 1.46. The molecule has 21 heavy (non-hydrogen) atoms. The second-order valence-corrected chi connectivity index (χ2v) is 7.38. The van der Waals surface area contributed by atoms with Crippen LogP contribution in [0.2, 0.25) is 0 Å². The van der Waals surface area contributed by atoms with Gasteiger partial charge in [-0.1, -0.05) is 20.3 Å². The molecule has 5 heteroatoms. The van der Waals surface area contributed by atoms with Gasteiger partial charge in [-0.3, -0.25) is 4.98 Å². The summed E-state index contributed by atoms with van der Waals surface area (Å²) in [4.78, 5) is 4.07. The molecule has 1 aliphatic rings. The van der Waals surface area contributed by atoms with Crippen LogP contribution >= 0.6 is 11.5 Å². The predicted molar refractivity (Wildman–Crippen MR) is 89.4 cm³/mol. The molecule has 3 rings (SSSR count). The molecule has 4 nitrogen and oxygen atoms in total. The zero-order valence-electron chi connectivity index (χ0n) is 12.6. The Kier molecular flexibility index (Phi) is 3.85. The Morgan fingerprint density at radius 2 is 2.10 bits per heavy atom. The summed E-state index contributed by atoms with van der Waals surface area (Å²) < 4.78 is 4.33. The Labute approximate surface area is 130 Å². The Hall–Kier alpha value is -1.62. The zero-order valence-corrected chi connectivity index (χ0v) is 13.4. The highest BCUT2D eigenvalue weighted by atomic mass is 32.1. The largest absolute Gasteiger partial charge is 0.382 e. The predicted octanol–water partition coefficient (Wildman–Crippen LogP) is 4.17. The summed E-state index contributed by atoms with van der Waals surface area (Å²) in [5, 5.41) is 4.76. The minimum atomic E-state index is 0.420. The molecule has 1 saturated carbocycles. The zero-order chi connectivity index (χ0) is 14.9. The van der Waals surface area contributed by atoms with Gasteiger partial charge in [0.15, 0.2) is 0 Å². The second kappa shape index (κ2) is 5.64. The Balaban J connectivity index is 1.84. The monoisotopic (exact) mass is 302 g/mol. The maximum atomic E-state index is 6.07. The summed E-state index contributed by atoms with van der Waals surface area (Å²) in [7, 11) is 0. The standard InChI is InChI=1S/C16H22N4S/c1-16(2)7-3-4-12(10-16)19-15-13(14(17)20-21-15)11-5-8-18-9-6-11/h5-6,8-9,12,19H,3-4,7,10H2,1-2H3,(H2,17,20). The van der Waals surface area contributed by atoms with E-state index in [2.05, 4.69) is 28.5 Å². The van der Waals surface area contributed by atoms with Gasteiger partial charge in [-0.2, -0.15) is 4.37 Å². The third-order valence-corrected chi connectivity index (χ3v) is 5.02. The summed E-state index contributed by atoms with van der Waals surface area (Å²) in [6, 6.07) is 4.47. The minimum Gasteiger partial charge on any atom is -0.382 e. The quantitative estimate of drug-likeness (QED) is 0.893. The van der Waals surface area contributed by atoms with Gasteiger partial charge in [-0.15, -0.1) is 0 Å². The summed E-state index contributed by atoms with van der Waals surface area (Å²) in [6.07, 6.45) is 8.59. The van der Waals surface area contributed by atoms with Crippen molar-refractivity contribution in [2.75, 3.05) is 11.1 Å². The van der Waals surface area contributed by atoms with Gasteiger partial charge in [0.2, 0.25) is 0 Å². The van der Waals surface area contributed by atoms with Crippen LogP contribution in [0.15, 0.2) is 24.5 Å². The molecular formula is C16H22N4S. The lowest BCUT2D eigenvalue weighted by atomic mass is 9.75. The number of hydrogen-bond acceptors (Lipinski definition) is 5. The van der Waals surface area contributed by atoms with Crippen molar-refractivity contribution in [1.29, 1.82) is 0 Å². The van der Waals surface area contributed by atoms with Crippen molar-refractivity contribution in [2.24, 2.45) is 5.41 Å². The maximum absolute atomic E-state index is 6.07. The van der Waals surface area contributed by atoms with E-state index in [-0.39, 0.29) is 0 Å². The van der Waals surface area contributed by atoms with Gasteiger partial charge >= 0.3 is 0 Å². The van der Waals surface area contributed by atoms with Gasteiger partial charge in [0, 0.05) is 18.4 Å². The molecule has 2 aromatic heterocycles. The number of anilines is 2. The fourth-order valence-corrected chi connectivity index (χ4v) is 4.02. The number of nitrogens with two attached hydrogens (primary N) is 1. The van der Waals surface area contributed by atoms with Crippen LogP contribution in [-0.2, 0) is 0 Å². The third kappa shape index (κ3) is 3.18. The number of nitrogens with zero attached hydrogens (tertiary/aromatic N) is 2. The van der Waals surface area contributed by atoms with E-state index in [1.807, 2.05) is 12.1 Å². The normalized spacial score (nSPS) is 21.1. The number of aromatic nitrogens is 2. The number of nitrogen functional groups attached to an aromatic ring is 1. The molecule has 2 aromatic rings. The van der Waals surface area contributed by atoms with E-state index in [1.165, 1.54) is 37.2 Å². The minimum absolute atomic E-state index is 0.420. The van der Waals surface area contributed by atoms with Crippen molar-refractivity contribution in [2.45, 2.75) is 45.6 Å². The van der Waals surface area contributed by atoms with Crippen LogP contribution in [0.5, 0.6) is 0 Å². The number of nitrogens with one attached hydrogen (secondary N) is 1. The molecule has 1 atom stereocenters. The van der Waals surface area contributed by atoms with E-state index < -0.39 is 0 Å². The Morgan fingerprint density at radius 3 is 2.81 bits per heavy atom. The molecule has 112 valence electrons. The van der Waals surface area contributed by atoms with Crippen molar-refractivity contribution >= 4 is 22.4 Å². The highest BCUT2D eigenvalue weighted by Gasteiger charge is 2.29. The first-order valence-electron chi connectivity index (χ1n) is 7.47. The van der Waals surface area contributed by atoms with Crippen molar-refractivity contribution in [3.8, 4) is 11.1 Å². The highest BCUT2D eigenvalue weighted by Crippen LogP contribution is 2.40. The first kappa shape index (κ1) is 14.3. The van der Waals surface area contributed by atoms with E-state index >= 15 is 0 Å². The van der Waals surface area contributed by atoms with E-state index in [0.717, 1.165) is 16.1 Å². The molecule has 2 heterocycles. The summed E-state index contributed by atoms with van der Waals surface area (Å²) in [5.41, 5.74) is 8.59. The van der Waals surface area contributed by atoms with Crippen molar-refractivity contribution < 1.29 is 0 Å². The second-order valence-electron chi connectivity index (χ2n) is 6.61. The van der Waals surface area contributed by atoms with E-state index in [9.17, 15) is 0 Å². The van der Waals surface area contributed by atoms with Gasteiger partial charge in [-0.25, -0.2) is 0 Å². The van der Waals surface area contributed by atoms with E-state index in [4.69, 9.17) is 5.73 Å². The molecule has 0 saturated heterocycles. The molecular weight excluding hydrogens is 280 g/mol. The molecule has 0 radical (unpaired) electrons. The first-order chi connectivity index (χ1) is 10.1. The lowest BCUT2D eigenvalue weighted by Crippen LogP contribution is -2.31. The van der Waals surface area contributed by atoms with Crippen molar-refractivity contribution in [3.63, 3.8) is 0 Å². The molecule has 0 aromatic carbocycles. The van der Waals surface area contributed by atoms with Gasteiger partial charge < -0.3 is 11.1 Å². The molecule has 0 spiro atoms. The van der Waals surface area contributed by atoms with Crippen LogP contribution in [0, 0.1) is 5.41 Å². The van der Waals surface area contributed by atoms with Crippen LogP contribution in [0.1, 0.15) is 39.5 Å². The van der Waals surface area contributed by atoms with Crippen LogP contribution < -0.4 is 11.1 Å². The molecule has 1 aliphatic carbocycles. The van der Waals surface area contributed by atoms with Gasteiger partial charge in [0.25, 0.3) is 0 Å². The summed E-state index contributed by atoms with van der Waals surface area (Å²) in [5.74, 6) is 0.601. The number of rotatable bonds is 3. The van der Waals surface area contributed by atoms with Crippen molar-refractivity contribution in [1.82, 2.24) is 9.36 Å². The maximum Gasteiger partial charge on any atom is 0.147 e. The third-order valence-electron chi connectivity index (χ3n) is 4.23. The molecule has 0 aliphatic heterocycles. The average Bonchev–Trinajstić information content (AvgIpc) is 2.79. The first-order valence-corrected chi connectivity index (χ1v) is 8.25. The average molecular weight is 302 g/mol. The van der Waals surface area contributed by atoms with Crippen LogP contribution in [-0.4, -0.2) is 15.4 Å². The highest BCUT2D eigenvalue weighted by molar-refractivity contribution is 7.11. The molecule has 3 N–H and O–H groups in total. The van der Waals surface area contributed by atoms with E-state index in [0.29, 0.717) is 17.3 Å². The topological polar surface area (TPSA) is 63.8 Å². The van der Waals surface area contributed by atoms with Crippen molar-refractivity contribution in [3.05, 3.63) is 24.5 Å². The summed E-state index contributed by atoms with van der Waals surface area (Å²) in [6.45, 7) is 4.71. The molecule has 0 bridgehead atoms. The van der Waals surface area contributed by atoms with Crippen LogP contribution in [0.3, 0.4) is 0 Å². The van der Waals surface area contributed by atoms with Crippen LogP contribution in [0.4, 0.5) is 10.8 Å². The number of pyridine rings is 1. The molecule has 1 fully saturated rings. The fraction of sp³-hybridized carbons (Fsp3) is 0.500. The fourth-order valence-electron chi connectivity index (χ4n) is 3.21. The smallest absolute Gasteiger partial charge is 0.147 e. The SMILES string of the molecule is CC1(C)CCCC(Nc2snc(N)c2-c2ccncc2)C1. The van der Waals surface area contributed by atoms with Gasteiger partial charge in [0.05, 0.1) is 5.56 Å². The van der Waals surface area contributed by atoms with Crippen LogP contribution in [0.25, 0.3) is 11.1 Å². The van der Waals surface area contributed by atoms with Gasteiger partial charge in [-0.05, 0) is 53.9 Å². The molecule has 0 amide bonds. The lowest BCUT2D eigenvalue weighted by Gasteiger charge is -2.35. The lowest BCUT2D eigenvalue weighted by molar-refractivity contribution is 0.230. The van der Waals surface area contributed by atoms with Gasteiger partial charge in [0.1, 0.15) is 10.8 Å². The molecule has 1 unspecified atom stereocenters. The Bertz CT molecular complexity index is 606. The van der Waals surface area contributed by atoms with E-state index in [1.54, 1.807) is 12.4 Å².